The molecule has 0 saturated heterocycles. The molecule has 1 atom stereocenters. The summed E-state index contributed by atoms with van der Waals surface area (Å²) >= 11 is 0. The first-order valence-electron chi connectivity index (χ1n) is 7.21. The molecule has 0 aliphatic heterocycles. The molecule has 0 aliphatic rings. The molecule has 1 heterocycles. The van der Waals surface area contributed by atoms with Crippen molar-refractivity contribution in [1.82, 2.24) is 9.97 Å². The molecule has 0 aliphatic carbocycles. The number of quaternary nitrogens is 1. The van der Waals surface area contributed by atoms with E-state index in [1.807, 2.05) is 6.92 Å². The third-order valence-electron chi connectivity index (χ3n) is 3.36. The number of hydrogen-bond acceptors (Lipinski definition) is 8. The lowest BCUT2D eigenvalue weighted by Crippen LogP contribution is -2.99. The van der Waals surface area contributed by atoms with Gasteiger partial charge < -0.3 is 27.7 Å². The smallest absolute Gasteiger partial charge is 0.222 e. The lowest BCUT2D eigenvalue weighted by molar-refractivity contribution is -0.990. The summed E-state index contributed by atoms with van der Waals surface area (Å²) < 4.78 is 0. The fraction of sp³-hybridized carbons (Fsp3) is 0.286. The predicted molar refractivity (Wildman–Crippen MR) is 89.0 cm³/mol. The van der Waals surface area contributed by atoms with Crippen LogP contribution in [0.15, 0.2) is 18.2 Å². The van der Waals surface area contributed by atoms with E-state index in [4.69, 9.17) is 17.2 Å². The first-order chi connectivity index (χ1) is 11.0. The average Bonchev–Trinajstić information content (AvgIpc) is 2.52. The highest BCUT2D eigenvalue weighted by Gasteiger charge is 2.16. The highest BCUT2D eigenvalue weighted by Crippen LogP contribution is 2.32. The third-order valence-corrected chi connectivity index (χ3v) is 3.36. The number of hydrogen-bond donors (Lipinski definition) is 6. The Morgan fingerprint density at radius 1 is 1.30 bits per heavy atom. The second-order valence-corrected chi connectivity index (χ2v) is 4.92. The van der Waals surface area contributed by atoms with Gasteiger partial charge in [-0.25, -0.2) is 10.2 Å². The maximum atomic E-state index is 11.5. The van der Waals surface area contributed by atoms with Gasteiger partial charge in [0.25, 0.3) is 0 Å². The molecule has 23 heavy (non-hydrogen) atoms. The largest absolute Gasteiger partial charge is 0.595 e. The van der Waals surface area contributed by atoms with Crippen LogP contribution in [-0.4, -0.2) is 28.3 Å². The Bertz CT molecular complexity index is 691. The van der Waals surface area contributed by atoms with E-state index in [0.717, 1.165) is 0 Å². The molecular formula is C14H21N7O2. The van der Waals surface area contributed by atoms with Gasteiger partial charge >= 0.3 is 0 Å². The second-order valence-electron chi connectivity index (χ2n) is 4.92. The van der Waals surface area contributed by atoms with Gasteiger partial charge in [-0.1, -0.05) is 13.0 Å². The van der Waals surface area contributed by atoms with Gasteiger partial charge in [-0.05, 0) is 18.1 Å². The summed E-state index contributed by atoms with van der Waals surface area (Å²) in [5.41, 5.74) is 19.6. The van der Waals surface area contributed by atoms with Crippen LogP contribution < -0.4 is 27.7 Å². The molecule has 0 spiro atoms. The van der Waals surface area contributed by atoms with Crippen molar-refractivity contribution in [2.75, 3.05) is 29.9 Å². The Hall–Kier alpha value is -2.46. The molecular weight excluding hydrogens is 298 g/mol. The maximum Gasteiger partial charge on any atom is 0.222 e. The average molecular weight is 319 g/mol. The Balaban J connectivity index is 2.55. The number of benzene rings is 1. The molecule has 0 saturated carbocycles. The van der Waals surface area contributed by atoms with E-state index >= 15 is 0 Å². The molecule has 1 aromatic carbocycles. The van der Waals surface area contributed by atoms with Crippen molar-refractivity contribution in [3.63, 3.8) is 0 Å². The number of nitrogens with two attached hydrogens (primary N) is 3. The predicted octanol–water partition coefficient (Wildman–Crippen LogP) is -0.356. The fourth-order valence-electron chi connectivity index (χ4n) is 2.35. The van der Waals surface area contributed by atoms with E-state index in [0.29, 0.717) is 42.0 Å². The second kappa shape index (κ2) is 7.20. The van der Waals surface area contributed by atoms with Crippen LogP contribution >= 0.6 is 0 Å². The minimum atomic E-state index is -1.04. The van der Waals surface area contributed by atoms with Gasteiger partial charge in [0.1, 0.15) is 5.82 Å². The molecule has 9 N–H and O–H groups in total. The molecule has 0 bridgehead atoms. The summed E-state index contributed by atoms with van der Waals surface area (Å²) in [6, 6.07) is 5.00. The van der Waals surface area contributed by atoms with E-state index in [1.165, 1.54) is 0 Å². The lowest BCUT2D eigenvalue weighted by Gasteiger charge is -2.18. The highest BCUT2D eigenvalue weighted by molar-refractivity contribution is 5.80. The van der Waals surface area contributed by atoms with Crippen molar-refractivity contribution in [3.8, 4) is 11.1 Å². The Morgan fingerprint density at radius 2 is 2.04 bits per heavy atom. The van der Waals surface area contributed by atoms with Crippen LogP contribution in [0.1, 0.15) is 12.6 Å². The minimum absolute atomic E-state index is 0.0998. The molecule has 1 aromatic heterocycles. The molecule has 0 fully saturated rings. The van der Waals surface area contributed by atoms with E-state index in [-0.39, 0.29) is 17.5 Å². The summed E-state index contributed by atoms with van der Waals surface area (Å²) in [5.74, 6) is 0.330. The van der Waals surface area contributed by atoms with Crippen molar-refractivity contribution >= 4 is 23.1 Å². The van der Waals surface area contributed by atoms with Gasteiger partial charge in [-0.15, -0.1) is 0 Å². The quantitative estimate of drug-likeness (QED) is 0.393. The van der Waals surface area contributed by atoms with Gasteiger partial charge in [0.15, 0.2) is 5.69 Å². The van der Waals surface area contributed by atoms with E-state index in [2.05, 4.69) is 15.3 Å². The number of rotatable bonds is 6. The Labute approximate surface area is 133 Å². The first-order valence-corrected chi connectivity index (χ1v) is 7.21. The van der Waals surface area contributed by atoms with Crippen LogP contribution in [0.4, 0.5) is 23.1 Å². The van der Waals surface area contributed by atoms with Crippen LogP contribution in [0.5, 0.6) is 0 Å². The van der Waals surface area contributed by atoms with E-state index in [1.54, 1.807) is 18.2 Å². The molecule has 0 radical (unpaired) electrons. The van der Waals surface area contributed by atoms with Crippen LogP contribution in [0.3, 0.4) is 0 Å². The topological polar surface area (TPSA) is 164 Å². The fourth-order valence-corrected chi connectivity index (χ4v) is 2.35. The molecule has 2 rings (SSSR count). The normalized spacial score (nSPS) is 12.2. The van der Waals surface area contributed by atoms with Crippen LogP contribution in [0, 0.1) is 5.21 Å². The van der Waals surface area contributed by atoms with Crippen molar-refractivity contribution in [2.45, 2.75) is 13.3 Å². The Morgan fingerprint density at radius 3 is 2.65 bits per heavy atom. The summed E-state index contributed by atoms with van der Waals surface area (Å²) in [7, 11) is 0. The number of aryl methyl sites for hydroxylation is 1. The standard InChI is InChI=1S/C14H21N7O2/c1-2-9-12(13(16)20-14(17)19-9)8-3-4-10(18-6-5-15)11(7-8)21(22)23/h3-4,7,18,21-22H,2,5-6,15H2,1H3,(H4,16,17,19,20). The van der Waals surface area contributed by atoms with Gasteiger partial charge in [-0.2, -0.15) is 10.2 Å². The molecule has 1 unspecified atom stereocenters. The lowest BCUT2D eigenvalue weighted by atomic mass is 10.0. The first kappa shape index (κ1) is 16.9. The van der Waals surface area contributed by atoms with Gasteiger partial charge in [0.2, 0.25) is 5.95 Å². The number of nitrogens with one attached hydrogen (secondary N) is 2. The van der Waals surface area contributed by atoms with Crippen molar-refractivity contribution < 1.29 is 10.4 Å². The van der Waals surface area contributed by atoms with Gasteiger partial charge in [0.05, 0.1) is 11.4 Å². The minimum Gasteiger partial charge on any atom is -0.595 e. The molecule has 124 valence electrons. The monoisotopic (exact) mass is 319 g/mol. The van der Waals surface area contributed by atoms with Crippen molar-refractivity contribution in [1.29, 1.82) is 0 Å². The van der Waals surface area contributed by atoms with E-state index < -0.39 is 5.23 Å². The highest BCUT2D eigenvalue weighted by atomic mass is 16.8. The number of aromatic nitrogens is 2. The zero-order valence-corrected chi connectivity index (χ0v) is 12.8. The molecule has 9 heteroatoms. The summed E-state index contributed by atoms with van der Waals surface area (Å²) in [5, 5.41) is 22.9. The molecule has 9 nitrogen and oxygen atoms in total. The van der Waals surface area contributed by atoms with Gasteiger partial charge in [0, 0.05) is 24.7 Å². The summed E-state index contributed by atoms with van der Waals surface area (Å²) in [6.45, 7) is 2.80. The Kier molecular flexibility index (Phi) is 5.29. The summed E-state index contributed by atoms with van der Waals surface area (Å²) in [4.78, 5) is 8.15. The van der Waals surface area contributed by atoms with Gasteiger partial charge in [-0.3, -0.25) is 0 Å². The number of anilines is 3. The van der Waals surface area contributed by atoms with Crippen LogP contribution in [-0.2, 0) is 6.42 Å². The van der Waals surface area contributed by atoms with Crippen LogP contribution in [0.2, 0.25) is 0 Å². The third kappa shape index (κ3) is 3.66. The molecule has 2 aromatic rings. The molecule has 0 amide bonds. The van der Waals surface area contributed by atoms with Crippen molar-refractivity contribution in [3.05, 3.63) is 29.1 Å². The SMILES string of the molecule is CCc1nc(N)nc(N)c1-c1ccc(NCCN)c([NH+]([O-])O)c1. The number of nitrogens with zero attached hydrogens (tertiary/aromatic N) is 2. The number of nitrogen functional groups attached to an aromatic ring is 2. The van der Waals surface area contributed by atoms with Crippen molar-refractivity contribution in [2.24, 2.45) is 5.73 Å². The van der Waals surface area contributed by atoms with E-state index in [9.17, 15) is 10.4 Å². The zero-order chi connectivity index (χ0) is 17.0. The summed E-state index contributed by atoms with van der Waals surface area (Å²) in [6.07, 6.45) is 0.599. The maximum absolute atomic E-state index is 11.5. The zero-order valence-electron chi connectivity index (χ0n) is 12.8. The van der Waals surface area contributed by atoms with Crippen LogP contribution in [0.25, 0.3) is 11.1 Å².